The molecule has 2 aromatic carbocycles. The molecule has 23 heavy (non-hydrogen) atoms. The average molecular weight is 354 g/mol. The maximum Gasteiger partial charge on any atom is 0.0420 e. The van der Waals surface area contributed by atoms with Crippen molar-refractivity contribution in [1.82, 2.24) is 0 Å². The summed E-state index contributed by atoms with van der Waals surface area (Å²) >= 11 is 0. The Balaban J connectivity index is 0.00000132. The molecule has 0 aromatic heterocycles. The van der Waals surface area contributed by atoms with Crippen LogP contribution >= 0.6 is 24.8 Å². The van der Waals surface area contributed by atoms with Crippen LogP contribution < -0.4 is 15.5 Å². The highest BCUT2D eigenvalue weighted by Gasteiger charge is 2.18. The quantitative estimate of drug-likeness (QED) is 0.843. The van der Waals surface area contributed by atoms with E-state index >= 15 is 0 Å². The van der Waals surface area contributed by atoms with Crippen LogP contribution in [-0.2, 0) is 6.42 Å². The lowest BCUT2D eigenvalue weighted by Gasteiger charge is -2.33. The van der Waals surface area contributed by atoms with E-state index in [1.54, 1.807) is 0 Å². The van der Waals surface area contributed by atoms with E-state index in [0.29, 0.717) is 0 Å². The van der Waals surface area contributed by atoms with Gasteiger partial charge < -0.3 is 15.5 Å². The van der Waals surface area contributed by atoms with Gasteiger partial charge >= 0.3 is 0 Å². The average Bonchev–Trinajstić information content (AvgIpc) is 2.54. The van der Waals surface area contributed by atoms with Crippen LogP contribution in [0.15, 0.2) is 48.5 Å². The molecule has 0 amide bonds. The fourth-order valence-corrected chi connectivity index (χ4v) is 3.04. The topological polar surface area (TPSA) is 32.5 Å². The maximum absolute atomic E-state index is 6.11. The Hall–Kier alpha value is -1.58. The second-order valence-electron chi connectivity index (χ2n) is 5.69. The van der Waals surface area contributed by atoms with E-state index in [4.69, 9.17) is 5.73 Å². The van der Waals surface area contributed by atoms with Crippen LogP contribution in [-0.4, -0.2) is 26.7 Å². The monoisotopic (exact) mass is 353 g/mol. The molecule has 1 heterocycles. The summed E-state index contributed by atoms with van der Waals surface area (Å²) in [4.78, 5) is 4.77. The molecule has 0 radical (unpaired) electrons. The molecule has 0 saturated heterocycles. The van der Waals surface area contributed by atoms with Gasteiger partial charge in [-0.25, -0.2) is 0 Å². The van der Waals surface area contributed by atoms with Crippen LogP contribution in [0, 0.1) is 0 Å². The number of anilines is 3. The van der Waals surface area contributed by atoms with E-state index < -0.39 is 0 Å². The highest BCUT2D eigenvalue weighted by atomic mass is 35.5. The molecule has 0 saturated carbocycles. The molecule has 1 aliphatic heterocycles. The molecule has 0 fully saturated rings. The van der Waals surface area contributed by atoms with Crippen LogP contribution in [0.2, 0.25) is 0 Å². The third-order valence-corrected chi connectivity index (χ3v) is 4.29. The molecule has 126 valence electrons. The lowest BCUT2D eigenvalue weighted by Crippen LogP contribution is -2.36. The molecule has 5 heteroatoms. The summed E-state index contributed by atoms with van der Waals surface area (Å²) in [7, 11) is 2.15. The SMILES string of the molecule is CN(CCN1CCCc2c(N)cccc21)c1ccccc1.Cl.Cl. The van der Waals surface area contributed by atoms with Crippen molar-refractivity contribution in [3.8, 4) is 0 Å². The molecule has 3 nitrogen and oxygen atoms in total. The first-order valence-electron chi connectivity index (χ1n) is 7.64. The van der Waals surface area contributed by atoms with Crippen molar-refractivity contribution in [1.29, 1.82) is 0 Å². The zero-order valence-electron chi connectivity index (χ0n) is 13.4. The summed E-state index contributed by atoms with van der Waals surface area (Å²) in [5, 5.41) is 0. The van der Waals surface area contributed by atoms with E-state index in [9.17, 15) is 0 Å². The Bertz CT molecular complexity index is 604. The third kappa shape index (κ3) is 4.46. The zero-order valence-corrected chi connectivity index (χ0v) is 15.1. The molecule has 0 aliphatic carbocycles. The van der Waals surface area contributed by atoms with Gasteiger partial charge in [-0.05, 0) is 42.7 Å². The smallest absolute Gasteiger partial charge is 0.0420 e. The number of fused-ring (bicyclic) bond motifs is 1. The lowest BCUT2D eigenvalue weighted by molar-refractivity contribution is 0.684. The largest absolute Gasteiger partial charge is 0.398 e. The first-order valence-corrected chi connectivity index (χ1v) is 7.64. The van der Waals surface area contributed by atoms with Gasteiger partial charge in [0, 0.05) is 43.7 Å². The summed E-state index contributed by atoms with van der Waals surface area (Å²) in [6.07, 6.45) is 2.29. The van der Waals surface area contributed by atoms with Crippen LogP contribution in [0.25, 0.3) is 0 Å². The molecule has 1 aliphatic rings. The van der Waals surface area contributed by atoms with E-state index in [-0.39, 0.29) is 24.8 Å². The fourth-order valence-electron chi connectivity index (χ4n) is 3.04. The molecule has 2 N–H and O–H groups in total. The van der Waals surface area contributed by atoms with Crippen LogP contribution in [0.1, 0.15) is 12.0 Å². The highest BCUT2D eigenvalue weighted by molar-refractivity contribution is 5.85. The molecule has 0 bridgehead atoms. The van der Waals surface area contributed by atoms with Gasteiger partial charge in [0.2, 0.25) is 0 Å². The Morgan fingerprint density at radius 3 is 2.52 bits per heavy atom. The number of nitrogens with zero attached hydrogens (tertiary/aromatic N) is 2. The van der Waals surface area contributed by atoms with Gasteiger partial charge in [0.1, 0.15) is 0 Å². The van der Waals surface area contributed by atoms with Crippen molar-refractivity contribution >= 4 is 41.9 Å². The minimum Gasteiger partial charge on any atom is -0.398 e. The van der Waals surface area contributed by atoms with Gasteiger partial charge in [0.05, 0.1) is 0 Å². The summed E-state index contributed by atoms with van der Waals surface area (Å²) in [6.45, 7) is 3.17. The fraction of sp³-hybridized carbons (Fsp3) is 0.333. The summed E-state index contributed by atoms with van der Waals surface area (Å²) in [5.74, 6) is 0. The number of nitrogen functional groups attached to an aromatic ring is 1. The first-order chi connectivity index (χ1) is 10.3. The Kier molecular flexibility index (Phi) is 7.53. The molecule has 2 aromatic rings. The standard InChI is InChI=1S/C18H23N3.2ClH/c1-20(15-7-3-2-4-8-15)13-14-21-12-6-9-16-17(19)10-5-11-18(16)21;;/h2-5,7-8,10-11H,6,9,12-14,19H2,1H3;2*1H. The first kappa shape index (κ1) is 19.5. The van der Waals surface area contributed by atoms with Gasteiger partial charge in [-0.1, -0.05) is 24.3 Å². The maximum atomic E-state index is 6.11. The number of nitrogens with two attached hydrogens (primary N) is 1. The van der Waals surface area contributed by atoms with Gasteiger partial charge in [-0.3, -0.25) is 0 Å². The van der Waals surface area contributed by atoms with Crippen molar-refractivity contribution < 1.29 is 0 Å². The second kappa shape index (κ2) is 8.90. The van der Waals surface area contributed by atoms with Crippen molar-refractivity contribution in [2.45, 2.75) is 12.8 Å². The van der Waals surface area contributed by atoms with Crippen LogP contribution in [0.5, 0.6) is 0 Å². The Labute approximate surface area is 151 Å². The molecular weight excluding hydrogens is 329 g/mol. The predicted molar refractivity (Wildman–Crippen MR) is 106 cm³/mol. The molecule has 0 spiro atoms. The van der Waals surface area contributed by atoms with E-state index in [2.05, 4.69) is 59.3 Å². The van der Waals surface area contributed by atoms with Crippen LogP contribution in [0.4, 0.5) is 17.1 Å². The number of para-hydroxylation sites is 1. The zero-order chi connectivity index (χ0) is 14.7. The van der Waals surface area contributed by atoms with Gasteiger partial charge in [-0.2, -0.15) is 0 Å². The summed E-state index contributed by atoms with van der Waals surface area (Å²) < 4.78 is 0. The summed E-state index contributed by atoms with van der Waals surface area (Å²) in [5.41, 5.74) is 11.0. The molecule has 0 atom stereocenters. The summed E-state index contributed by atoms with van der Waals surface area (Å²) in [6, 6.07) is 16.8. The Morgan fingerprint density at radius 2 is 1.78 bits per heavy atom. The van der Waals surface area contributed by atoms with Crippen molar-refractivity contribution in [3.63, 3.8) is 0 Å². The Morgan fingerprint density at radius 1 is 1.04 bits per heavy atom. The molecular formula is C18H25Cl2N3. The van der Waals surface area contributed by atoms with Gasteiger partial charge in [0.25, 0.3) is 0 Å². The molecule has 0 unspecified atom stereocenters. The minimum atomic E-state index is 0. The minimum absolute atomic E-state index is 0. The highest BCUT2D eigenvalue weighted by Crippen LogP contribution is 2.31. The number of hydrogen-bond acceptors (Lipinski definition) is 3. The number of benzene rings is 2. The van der Waals surface area contributed by atoms with Crippen molar-refractivity contribution in [2.24, 2.45) is 0 Å². The van der Waals surface area contributed by atoms with E-state index in [1.807, 2.05) is 6.07 Å². The van der Waals surface area contributed by atoms with Gasteiger partial charge in [-0.15, -0.1) is 24.8 Å². The third-order valence-electron chi connectivity index (χ3n) is 4.29. The lowest BCUT2D eigenvalue weighted by atomic mass is 10.00. The van der Waals surface area contributed by atoms with E-state index in [1.165, 1.54) is 23.4 Å². The number of halogens is 2. The van der Waals surface area contributed by atoms with Crippen molar-refractivity contribution in [2.75, 3.05) is 42.2 Å². The second-order valence-corrected chi connectivity index (χ2v) is 5.69. The number of hydrogen-bond donors (Lipinski definition) is 1. The molecule has 3 rings (SSSR count). The number of rotatable bonds is 4. The van der Waals surface area contributed by atoms with Gasteiger partial charge in [0.15, 0.2) is 0 Å². The number of likely N-dealkylation sites (N-methyl/N-ethyl adjacent to an activating group) is 1. The van der Waals surface area contributed by atoms with E-state index in [0.717, 1.165) is 31.7 Å². The van der Waals surface area contributed by atoms with Crippen LogP contribution in [0.3, 0.4) is 0 Å². The van der Waals surface area contributed by atoms with Crippen molar-refractivity contribution in [3.05, 3.63) is 54.1 Å². The normalized spacial score (nSPS) is 12.7. The predicted octanol–water partition coefficient (Wildman–Crippen LogP) is 4.00.